The second-order valence-electron chi connectivity index (χ2n) is 20.3. The minimum Gasteiger partial charge on any atom is -0.462 e. The second-order valence-corrected chi connectivity index (χ2v) is 20.3. The van der Waals surface area contributed by atoms with Crippen LogP contribution in [0, 0.1) is 17.8 Å². The van der Waals surface area contributed by atoms with E-state index in [1.54, 1.807) is 0 Å². The average Bonchev–Trinajstić information content (AvgIpc) is 3.22. The van der Waals surface area contributed by atoms with Crippen molar-refractivity contribution in [3.8, 4) is 0 Å². The van der Waals surface area contributed by atoms with E-state index in [2.05, 4.69) is 41.5 Å². The van der Waals surface area contributed by atoms with E-state index in [1.807, 2.05) is 0 Å². The number of esters is 3. The lowest BCUT2D eigenvalue weighted by Crippen LogP contribution is -2.30. The van der Waals surface area contributed by atoms with Gasteiger partial charge in [0.2, 0.25) is 0 Å². The highest BCUT2D eigenvalue weighted by atomic mass is 16.6. The number of ether oxygens (including phenoxy) is 3. The molecule has 0 unspecified atom stereocenters. The number of rotatable bonds is 48. The van der Waals surface area contributed by atoms with Crippen LogP contribution >= 0.6 is 0 Å². The summed E-state index contributed by atoms with van der Waals surface area (Å²) in [7, 11) is 0. The summed E-state index contributed by atoms with van der Waals surface area (Å²) < 4.78 is 16.8. The molecule has 0 aliphatic carbocycles. The molecular formula is C55H106O6. The van der Waals surface area contributed by atoms with Crippen LogP contribution in [0.5, 0.6) is 0 Å². The number of hydrogen-bond donors (Lipinski definition) is 0. The molecule has 0 aliphatic heterocycles. The van der Waals surface area contributed by atoms with Crippen molar-refractivity contribution in [3.05, 3.63) is 0 Å². The van der Waals surface area contributed by atoms with Gasteiger partial charge in [-0.15, -0.1) is 0 Å². The van der Waals surface area contributed by atoms with Gasteiger partial charge in [-0.2, -0.15) is 0 Å². The summed E-state index contributed by atoms with van der Waals surface area (Å²) in [4.78, 5) is 38.0. The number of hydrogen-bond acceptors (Lipinski definition) is 6. The summed E-state index contributed by atoms with van der Waals surface area (Å²) >= 11 is 0. The first kappa shape index (κ1) is 59.4. The molecule has 1 atom stereocenters. The van der Waals surface area contributed by atoms with Gasteiger partial charge in [-0.3, -0.25) is 14.4 Å². The maximum absolute atomic E-state index is 12.8. The first-order valence-corrected chi connectivity index (χ1v) is 27.1. The van der Waals surface area contributed by atoms with Crippen molar-refractivity contribution in [2.24, 2.45) is 17.8 Å². The molecule has 6 heteroatoms. The third kappa shape index (κ3) is 49.3. The molecule has 0 radical (unpaired) electrons. The van der Waals surface area contributed by atoms with Crippen LogP contribution in [0.15, 0.2) is 0 Å². The van der Waals surface area contributed by atoms with Crippen molar-refractivity contribution in [2.75, 3.05) is 13.2 Å². The Morgan fingerprint density at radius 1 is 0.279 bits per heavy atom. The van der Waals surface area contributed by atoms with Crippen molar-refractivity contribution in [3.63, 3.8) is 0 Å². The molecule has 0 rings (SSSR count). The highest BCUT2D eigenvalue weighted by molar-refractivity contribution is 5.71. The maximum atomic E-state index is 12.8. The van der Waals surface area contributed by atoms with Crippen LogP contribution in [0.1, 0.15) is 298 Å². The van der Waals surface area contributed by atoms with Crippen molar-refractivity contribution >= 4 is 17.9 Å². The van der Waals surface area contributed by atoms with Crippen molar-refractivity contribution in [1.82, 2.24) is 0 Å². The van der Waals surface area contributed by atoms with E-state index in [1.165, 1.54) is 180 Å². The van der Waals surface area contributed by atoms with Crippen molar-refractivity contribution < 1.29 is 28.6 Å². The van der Waals surface area contributed by atoms with Crippen LogP contribution in [-0.4, -0.2) is 37.2 Å². The lowest BCUT2D eigenvalue weighted by Gasteiger charge is -2.18. The summed E-state index contributed by atoms with van der Waals surface area (Å²) in [6.45, 7) is 13.7. The van der Waals surface area contributed by atoms with E-state index < -0.39 is 6.10 Å². The van der Waals surface area contributed by atoms with Crippen LogP contribution in [0.25, 0.3) is 0 Å². The van der Waals surface area contributed by atoms with E-state index in [-0.39, 0.29) is 31.1 Å². The van der Waals surface area contributed by atoms with Crippen LogP contribution in [-0.2, 0) is 28.6 Å². The maximum Gasteiger partial charge on any atom is 0.306 e. The molecule has 0 heterocycles. The van der Waals surface area contributed by atoms with E-state index in [9.17, 15) is 14.4 Å². The van der Waals surface area contributed by atoms with Gasteiger partial charge in [0.1, 0.15) is 13.2 Å². The lowest BCUT2D eigenvalue weighted by atomic mass is 10.0. The van der Waals surface area contributed by atoms with Crippen LogP contribution in [0.3, 0.4) is 0 Å². The highest BCUT2D eigenvalue weighted by Gasteiger charge is 2.19. The molecule has 0 aliphatic rings. The molecule has 0 aromatic rings. The Bertz CT molecular complexity index is 945. The normalized spacial score (nSPS) is 12.1. The van der Waals surface area contributed by atoms with Gasteiger partial charge in [-0.05, 0) is 37.0 Å². The zero-order chi connectivity index (χ0) is 44.9. The highest BCUT2D eigenvalue weighted by Crippen LogP contribution is 2.18. The predicted molar refractivity (Wildman–Crippen MR) is 261 cm³/mol. The Morgan fingerprint density at radius 3 is 0.705 bits per heavy atom. The first-order valence-electron chi connectivity index (χ1n) is 27.1. The van der Waals surface area contributed by atoms with E-state index >= 15 is 0 Å². The second kappa shape index (κ2) is 46.4. The summed E-state index contributed by atoms with van der Waals surface area (Å²) in [6.07, 6.45) is 46.7. The molecule has 0 N–H and O–H groups in total. The minimum absolute atomic E-state index is 0.0646. The molecule has 0 fully saturated rings. The van der Waals surface area contributed by atoms with E-state index in [0.29, 0.717) is 19.3 Å². The summed E-state index contributed by atoms with van der Waals surface area (Å²) in [5, 5.41) is 0. The Labute approximate surface area is 380 Å². The SMILES string of the molecule is CC(C)CCCCCCCCCCCCCCCCCC(=O)O[C@@H](COC(=O)CCCCCCCCCCCCC(C)C)COC(=O)CCCCCCCCCCCC(C)C. The molecule has 6 nitrogen and oxygen atoms in total. The number of unbranched alkanes of at least 4 members (excludes halogenated alkanes) is 31. The molecule has 61 heavy (non-hydrogen) atoms. The van der Waals surface area contributed by atoms with Gasteiger partial charge in [-0.1, -0.05) is 260 Å². The largest absolute Gasteiger partial charge is 0.462 e. The standard InChI is InChI=1S/C55H106O6/c1-49(2)41-35-29-23-17-12-10-8-7-9-11-13-21-28-34-40-46-55(58)61-52(48-60-54(57)45-39-33-27-22-16-19-25-31-37-43-51(5)6)47-59-53(56)44-38-32-26-20-15-14-18-24-30-36-42-50(3)4/h49-52H,7-48H2,1-6H3/t52-/m0/s1. The van der Waals surface area contributed by atoms with Crippen LogP contribution in [0.4, 0.5) is 0 Å². The van der Waals surface area contributed by atoms with Crippen LogP contribution in [0.2, 0.25) is 0 Å². The molecule has 0 amide bonds. The molecule has 362 valence electrons. The molecule has 0 saturated carbocycles. The third-order valence-corrected chi connectivity index (χ3v) is 12.4. The van der Waals surface area contributed by atoms with Gasteiger partial charge in [0.25, 0.3) is 0 Å². The molecular weight excluding hydrogens is 757 g/mol. The topological polar surface area (TPSA) is 78.9 Å². The smallest absolute Gasteiger partial charge is 0.306 e. The third-order valence-electron chi connectivity index (χ3n) is 12.4. The fourth-order valence-corrected chi connectivity index (χ4v) is 8.29. The number of carbonyl (C=O) groups is 3. The Balaban J connectivity index is 4.30. The fraction of sp³-hybridized carbons (Fsp3) is 0.945. The summed E-state index contributed by atoms with van der Waals surface area (Å²) in [5.41, 5.74) is 0. The fourth-order valence-electron chi connectivity index (χ4n) is 8.29. The molecule has 0 aromatic carbocycles. The van der Waals surface area contributed by atoms with Crippen molar-refractivity contribution in [1.29, 1.82) is 0 Å². The summed E-state index contributed by atoms with van der Waals surface area (Å²) in [5.74, 6) is 1.62. The van der Waals surface area contributed by atoms with Gasteiger partial charge < -0.3 is 14.2 Å². The van der Waals surface area contributed by atoms with Gasteiger partial charge >= 0.3 is 17.9 Å². The molecule has 0 saturated heterocycles. The van der Waals surface area contributed by atoms with E-state index in [0.717, 1.165) is 75.5 Å². The van der Waals surface area contributed by atoms with E-state index in [4.69, 9.17) is 14.2 Å². The molecule has 0 spiro atoms. The average molecular weight is 863 g/mol. The van der Waals surface area contributed by atoms with Gasteiger partial charge in [0.15, 0.2) is 6.10 Å². The zero-order valence-corrected chi connectivity index (χ0v) is 42.0. The lowest BCUT2D eigenvalue weighted by molar-refractivity contribution is -0.167. The Hall–Kier alpha value is -1.59. The van der Waals surface area contributed by atoms with Gasteiger partial charge in [-0.25, -0.2) is 0 Å². The first-order chi connectivity index (χ1) is 29.6. The molecule has 0 bridgehead atoms. The quantitative estimate of drug-likeness (QED) is 0.0344. The van der Waals surface area contributed by atoms with Crippen LogP contribution < -0.4 is 0 Å². The summed E-state index contributed by atoms with van der Waals surface area (Å²) in [6, 6.07) is 0. The monoisotopic (exact) mass is 863 g/mol. The molecule has 0 aromatic heterocycles. The Kier molecular flexibility index (Phi) is 45.2. The minimum atomic E-state index is -0.763. The predicted octanol–water partition coefficient (Wildman–Crippen LogP) is 17.6. The Morgan fingerprint density at radius 2 is 0.475 bits per heavy atom. The van der Waals surface area contributed by atoms with Gasteiger partial charge in [0.05, 0.1) is 0 Å². The van der Waals surface area contributed by atoms with Gasteiger partial charge in [0, 0.05) is 19.3 Å². The number of carbonyl (C=O) groups excluding carboxylic acids is 3. The zero-order valence-electron chi connectivity index (χ0n) is 42.0. The van der Waals surface area contributed by atoms with Crippen molar-refractivity contribution in [2.45, 2.75) is 304 Å².